The van der Waals surface area contributed by atoms with Gasteiger partial charge in [-0.25, -0.2) is 8.78 Å². The molecule has 94 valence electrons. The van der Waals surface area contributed by atoms with Crippen LogP contribution >= 0.6 is 0 Å². The van der Waals surface area contributed by atoms with Crippen molar-refractivity contribution in [2.45, 2.75) is 6.92 Å². The summed E-state index contributed by atoms with van der Waals surface area (Å²) in [4.78, 5) is 15.1. The lowest BCUT2D eigenvalue weighted by molar-refractivity contribution is 0.101. The molecule has 2 rings (SSSR count). The fraction of sp³-hybridized carbons (Fsp3) is 0.100. The van der Waals surface area contributed by atoms with E-state index in [1.165, 1.54) is 6.92 Å². The highest BCUT2D eigenvalue weighted by Crippen LogP contribution is 2.19. The van der Waals surface area contributed by atoms with Crippen molar-refractivity contribution in [3.8, 4) is 0 Å². The molecule has 4 N–H and O–H groups in total. The molecule has 8 heteroatoms. The third-order valence-corrected chi connectivity index (χ3v) is 2.21. The van der Waals surface area contributed by atoms with E-state index < -0.39 is 17.5 Å². The second kappa shape index (κ2) is 4.40. The van der Waals surface area contributed by atoms with Gasteiger partial charge in [-0.3, -0.25) is 9.89 Å². The molecule has 0 aliphatic heterocycles. The van der Waals surface area contributed by atoms with Crippen molar-refractivity contribution in [1.29, 1.82) is 0 Å². The smallest absolute Gasteiger partial charge is 0.293 e. The fourth-order valence-corrected chi connectivity index (χ4v) is 1.30. The van der Waals surface area contributed by atoms with Crippen LogP contribution in [0.15, 0.2) is 12.1 Å². The lowest BCUT2D eigenvalue weighted by Crippen LogP contribution is -2.15. The fourth-order valence-electron chi connectivity index (χ4n) is 1.30. The van der Waals surface area contributed by atoms with Crippen LogP contribution in [0.5, 0.6) is 0 Å². The molecule has 0 fully saturated rings. The largest absolute Gasteiger partial charge is 0.366 e. The Hall–Kier alpha value is -2.51. The van der Waals surface area contributed by atoms with Crippen LogP contribution in [0.3, 0.4) is 0 Å². The van der Waals surface area contributed by atoms with Gasteiger partial charge in [0, 0.05) is 6.07 Å². The van der Waals surface area contributed by atoms with E-state index in [2.05, 4.69) is 20.5 Å². The minimum absolute atomic E-state index is 0.115. The van der Waals surface area contributed by atoms with Gasteiger partial charge in [0.05, 0.1) is 5.69 Å². The number of H-pyrrole nitrogens is 1. The Balaban J connectivity index is 2.24. The van der Waals surface area contributed by atoms with Crippen LogP contribution in [-0.2, 0) is 0 Å². The van der Waals surface area contributed by atoms with Crippen molar-refractivity contribution >= 4 is 17.5 Å². The van der Waals surface area contributed by atoms with Gasteiger partial charge in [0.1, 0.15) is 11.6 Å². The molecule has 0 atom stereocenters. The highest BCUT2D eigenvalue weighted by atomic mass is 19.1. The number of nitrogens with zero attached hydrogens (tertiary/aromatic N) is 2. The van der Waals surface area contributed by atoms with Crippen molar-refractivity contribution in [3.63, 3.8) is 0 Å². The van der Waals surface area contributed by atoms with Crippen LogP contribution in [0.2, 0.25) is 0 Å². The molecule has 0 aliphatic carbocycles. The van der Waals surface area contributed by atoms with E-state index >= 15 is 0 Å². The summed E-state index contributed by atoms with van der Waals surface area (Å²) < 4.78 is 26.7. The van der Waals surface area contributed by atoms with Gasteiger partial charge in [-0.2, -0.15) is 4.98 Å². The maximum atomic E-state index is 13.5. The lowest BCUT2D eigenvalue weighted by Gasteiger charge is -2.06. The van der Waals surface area contributed by atoms with Crippen molar-refractivity contribution in [1.82, 2.24) is 15.2 Å². The molecule has 18 heavy (non-hydrogen) atoms. The Morgan fingerprint density at radius 2 is 2.11 bits per heavy atom. The first-order chi connectivity index (χ1) is 8.47. The second-order valence-electron chi connectivity index (χ2n) is 3.58. The van der Waals surface area contributed by atoms with Gasteiger partial charge >= 0.3 is 0 Å². The zero-order chi connectivity index (χ0) is 13.3. The number of benzene rings is 1. The van der Waals surface area contributed by atoms with E-state index in [1.54, 1.807) is 0 Å². The van der Waals surface area contributed by atoms with Gasteiger partial charge in [0.2, 0.25) is 11.8 Å². The van der Waals surface area contributed by atoms with Crippen LogP contribution < -0.4 is 11.1 Å². The molecule has 0 saturated carbocycles. The predicted octanol–water partition coefficient (Wildman–Crippen LogP) is 1.23. The van der Waals surface area contributed by atoms with Crippen LogP contribution in [0.1, 0.15) is 16.2 Å². The molecule has 6 nitrogen and oxygen atoms in total. The number of carbonyl (C=O) groups excluding carboxylic acids is 1. The van der Waals surface area contributed by atoms with Gasteiger partial charge in [-0.15, -0.1) is 5.10 Å². The van der Waals surface area contributed by atoms with Crippen molar-refractivity contribution in [3.05, 3.63) is 35.2 Å². The minimum atomic E-state index is -0.763. The molecule has 2 aromatic rings. The third-order valence-electron chi connectivity index (χ3n) is 2.21. The van der Waals surface area contributed by atoms with Crippen LogP contribution in [0, 0.1) is 18.6 Å². The average Bonchev–Trinajstić information content (AvgIpc) is 2.73. The second-order valence-corrected chi connectivity index (χ2v) is 3.58. The van der Waals surface area contributed by atoms with E-state index in [1.807, 2.05) is 0 Å². The number of hydrogen-bond acceptors (Lipinski definition) is 4. The molecular weight excluding hydrogens is 244 g/mol. The van der Waals surface area contributed by atoms with Crippen LogP contribution in [0.25, 0.3) is 0 Å². The normalized spacial score (nSPS) is 10.4. The van der Waals surface area contributed by atoms with Crippen LogP contribution in [0.4, 0.5) is 20.4 Å². The first-order valence-electron chi connectivity index (χ1n) is 4.92. The summed E-state index contributed by atoms with van der Waals surface area (Å²) in [6, 6.07) is 1.88. The van der Waals surface area contributed by atoms with Gasteiger partial charge < -0.3 is 11.1 Å². The number of aryl methyl sites for hydroxylation is 1. The third kappa shape index (κ3) is 2.26. The first-order valence-corrected chi connectivity index (χ1v) is 4.92. The zero-order valence-corrected chi connectivity index (χ0v) is 9.29. The number of aromatic nitrogens is 3. The molecule has 0 saturated heterocycles. The molecule has 0 spiro atoms. The zero-order valence-electron chi connectivity index (χ0n) is 9.29. The van der Waals surface area contributed by atoms with Crippen molar-refractivity contribution in [2.75, 3.05) is 11.1 Å². The molecule has 1 aromatic carbocycles. The van der Waals surface area contributed by atoms with Gasteiger partial charge in [-0.05, 0) is 18.6 Å². The molecule has 0 radical (unpaired) electrons. The number of amides is 1. The minimum Gasteiger partial charge on any atom is -0.366 e. The Kier molecular flexibility index (Phi) is 2.92. The quantitative estimate of drug-likeness (QED) is 0.749. The van der Waals surface area contributed by atoms with Gasteiger partial charge in [0.15, 0.2) is 0 Å². The number of halogens is 2. The molecule has 0 bridgehead atoms. The summed E-state index contributed by atoms with van der Waals surface area (Å²) >= 11 is 0. The molecule has 0 unspecified atom stereocenters. The summed E-state index contributed by atoms with van der Waals surface area (Å²) in [6.45, 7) is 1.42. The topological polar surface area (TPSA) is 96.7 Å². The lowest BCUT2D eigenvalue weighted by atomic mass is 10.2. The summed E-state index contributed by atoms with van der Waals surface area (Å²) in [5, 5.41) is 7.87. The SMILES string of the molecule is Cc1cc(F)c(NC(=O)c2nc(N)n[nH]2)cc1F. The van der Waals surface area contributed by atoms with Gasteiger partial charge in [0.25, 0.3) is 5.91 Å². The number of aromatic amines is 1. The Labute approximate surface area is 100 Å². The van der Waals surface area contributed by atoms with E-state index in [4.69, 9.17) is 5.73 Å². The summed E-state index contributed by atoms with van der Waals surface area (Å²) in [6.07, 6.45) is 0. The molecule has 0 aliphatic rings. The number of nitrogen functional groups attached to an aromatic ring is 1. The van der Waals surface area contributed by atoms with E-state index in [0.29, 0.717) is 0 Å². The Morgan fingerprint density at radius 1 is 1.39 bits per heavy atom. The molecule has 1 heterocycles. The van der Waals surface area contributed by atoms with Crippen molar-refractivity contribution in [2.24, 2.45) is 0 Å². The number of nitrogens with one attached hydrogen (secondary N) is 2. The number of carbonyl (C=O) groups is 1. The highest BCUT2D eigenvalue weighted by Gasteiger charge is 2.14. The Morgan fingerprint density at radius 3 is 2.72 bits per heavy atom. The standard InChI is InChI=1S/C10H9F2N5O/c1-4-2-6(12)7(3-5(4)11)14-9(18)8-15-10(13)17-16-8/h2-3H,1H3,(H,14,18)(H3,13,15,16,17). The number of rotatable bonds is 2. The van der Waals surface area contributed by atoms with Crippen LogP contribution in [-0.4, -0.2) is 21.1 Å². The Bertz CT molecular complexity index is 610. The summed E-state index contributed by atoms with van der Waals surface area (Å²) in [5.41, 5.74) is 5.08. The maximum Gasteiger partial charge on any atom is 0.293 e. The molecular formula is C10H9F2N5O. The highest BCUT2D eigenvalue weighted by molar-refractivity contribution is 6.01. The predicted molar refractivity (Wildman–Crippen MR) is 59.8 cm³/mol. The van der Waals surface area contributed by atoms with Crippen molar-refractivity contribution < 1.29 is 13.6 Å². The number of hydrogen-bond donors (Lipinski definition) is 3. The molecule has 1 amide bonds. The summed E-state index contributed by atoms with van der Waals surface area (Å²) in [7, 11) is 0. The maximum absolute atomic E-state index is 13.5. The molecule has 1 aromatic heterocycles. The first kappa shape index (κ1) is 12.0. The van der Waals surface area contributed by atoms with E-state index in [9.17, 15) is 13.6 Å². The monoisotopic (exact) mass is 253 g/mol. The average molecular weight is 253 g/mol. The number of nitrogens with two attached hydrogens (primary N) is 1. The number of anilines is 2. The van der Waals surface area contributed by atoms with Gasteiger partial charge in [-0.1, -0.05) is 0 Å². The summed E-state index contributed by atoms with van der Waals surface area (Å²) in [5.74, 6) is -2.43. The van der Waals surface area contributed by atoms with E-state index in [-0.39, 0.29) is 23.0 Å². The van der Waals surface area contributed by atoms with E-state index in [0.717, 1.165) is 12.1 Å².